The van der Waals surface area contributed by atoms with Gasteiger partial charge in [0.2, 0.25) is 0 Å². The first kappa shape index (κ1) is 12.1. The Morgan fingerprint density at radius 2 is 2.38 bits per heavy atom. The number of rotatable bonds is 5. The second-order valence-corrected chi connectivity index (χ2v) is 3.34. The number of terminal acetylenes is 1. The molecule has 0 radical (unpaired) electrons. The molecule has 0 fully saturated rings. The first-order chi connectivity index (χ1) is 7.69. The first-order valence-corrected chi connectivity index (χ1v) is 5.06. The molecular formula is C12H14N2O2. The Kier molecular flexibility index (Phi) is 4.34. The monoisotopic (exact) mass is 218 g/mol. The van der Waals surface area contributed by atoms with Gasteiger partial charge in [-0.2, -0.15) is 0 Å². The van der Waals surface area contributed by atoms with Gasteiger partial charge in [-0.25, -0.2) is 9.78 Å². The van der Waals surface area contributed by atoms with Crippen LogP contribution in [0.3, 0.4) is 0 Å². The Hall–Kier alpha value is -2.02. The number of anilines is 1. The third kappa shape index (κ3) is 2.99. The fraction of sp³-hybridized carbons (Fsp3) is 0.333. The molecule has 0 amide bonds. The van der Waals surface area contributed by atoms with Gasteiger partial charge in [0.1, 0.15) is 5.82 Å². The number of hydrogen-bond donors (Lipinski definition) is 1. The lowest BCUT2D eigenvalue weighted by molar-refractivity contribution is 0.0696. The summed E-state index contributed by atoms with van der Waals surface area (Å²) in [7, 11) is 0. The lowest BCUT2D eigenvalue weighted by Crippen LogP contribution is -2.25. The molecule has 0 saturated heterocycles. The van der Waals surface area contributed by atoms with E-state index in [2.05, 4.69) is 17.8 Å². The molecule has 16 heavy (non-hydrogen) atoms. The highest BCUT2D eigenvalue weighted by Gasteiger charge is 2.07. The third-order valence-electron chi connectivity index (χ3n) is 2.09. The summed E-state index contributed by atoms with van der Waals surface area (Å²) < 4.78 is 0. The van der Waals surface area contributed by atoms with Crippen LogP contribution in [0.2, 0.25) is 0 Å². The highest BCUT2D eigenvalue weighted by atomic mass is 16.4. The summed E-state index contributed by atoms with van der Waals surface area (Å²) >= 11 is 0. The van der Waals surface area contributed by atoms with E-state index in [-0.39, 0.29) is 5.56 Å². The molecule has 0 atom stereocenters. The largest absolute Gasteiger partial charge is 0.478 e. The van der Waals surface area contributed by atoms with Gasteiger partial charge < -0.3 is 10.0 Å². The van der Waals surface area contributed by atoms with E-state index >= 15 is 0 Å². The summed E-state index contributed by atoms with van der Waals surface area (Å²) in [4.78, 5) is 16.7. The zero-order valence-electron chi connectivity index (χ0n) is 9.18. The van der Waals surface area contributed by atoms with Crippen molar-refractivity contribution in [1.29, 1.82) is 0 Å². The maximum atomic E-state index is 10.6. The van der Waals surface area contributed by atoms with E-state index in [4.69, 9.17) is 11.5 Å². The van der Waals surface area contributed by atoms with Crippen molar-refractivity contribution in [3.63, 3.8) is 0 Å². The fourth-order valence-electron chi connectivity index (χ4n) is 1.35. The highest BCUT2D eigenvalue weighted by molar-refractivity contribution is 5.87. The van der Waals surface area contributed by atoms with Crippen LogP contribution in [0.25, 0.3) is 0 Å². The number of carboxylic acid groups (broad SMARTS) is 1. The van der Waals surface area contributed by atoms with Crippen molar-refractivity contribution in [3.8, 4) is 12.3 Å². The van der Waals surface area contributed by atoms with Crippen LogP contribution < -0.4 is 4.90 Å². The minimum absolute atomic E-state index is 0.181. The van der Waals surface area contributed by atoms with E-state index in [9.17, 15) is 4.79 Å². The molecule has 1 N–H and O–H groups in total. The topological polar surface area (TPSA) is 53.4 Å². The normalized spacial score (nSPS) is 9.50. The van der Waals surface area contributed by atoms with Gasteiger partial charge in [0.15, 0.2) is 0 Å². The molecule has 1 rings (SSSR count). The van der Waals surface area contributed by atoms with Crippen LogP contribution in [0.1, 0.15) is 23.7 Å². The molecule has 1 heterocycles. The lowest BCUT2D eigenvalue weighted by atomic mass is 10.3. The minimum atomic E-state index is -0.974. The maximum absolute atomic E-state index is 10.6. The van der Waals surface area contributed by atoms with Crippen molar-refractivity contribution in [2.45, 2.75) is 13.3 Å². The second-order valence-electron chi connectivity index (χ2n) is 3.34. The molecule has 0 unspecified atom stereocenters. The highest BCUT2D eigenvalue weighted by Crippen LogP contribution is 2.11. The molecular weight excluding hydrogens is 204 g/mol. The Bertz CT molecular complexity index is 392. The summed E-state index contributed by atoms with van der Waals surface area (Å²) in [5.74, 6) is 2.30. The van der Waals surface area contributed by atoms with Gasteiger partial charge in [0, 0.05) is 12.7 Å². The van der Waals surface area contributed by atoms with Gasteiger partial charge in [-0.1, -0.05) is 12.8 Å². The van der Waals surface area contributed by atoms with E-state index < -0.39 is 5.97 Å². The standard InChI is InChI=1S/C12H14N2O2/c1-3-7-14(8-4-2)11-6-5-10(9-13-11)12(15)16/h1,5-6,9H,4,7-8H2,2H3,(H,15,16). The summed E-state index contributed by atoms with van der Waals surface area (Å²) in [6.45, 7) is 3.34. The number of aromatic carboxylic acids is 1. The summed E-state index contributed by atoms with van der Waals surface area (Å²) in [5.41, 5.74) is 0.181. The minimum Gasteiger partial charge on any atom is -0.478 e. The number of hydrogen-bond acceptors (Lipinski definition) is 3. The van der Waals surface area contributed by atoms with Crippen molar-refractivity contribution >= 4 is 11.8 Å². The van der Waals surface area contributed by atoms with Crippen LogP contribution in [-0.4, -0.2) is 29.1 Å². The summed E-state index contributed by atoms with van der Waals surface area (Å²) in [6, 6.07) is 3.21. The van der Waals surface area contributed by atoms with Crippen molar-refractivity contribution in [1.82, 2.24) is 4.98 Å². The smallest absolute Gasteiger partial charge is 0.337 e. The summed E-state index contributed by atoms with van der Waals surface area (Å²) in [5, 5.41) is 8.74. The molecule has 4 nitrogen and oxygen atoms in total. The molecule has 1 aromatic rings. The van der Waals surface area contributed by atoms with Crippen molar-refractivity contribution in [2.75, 3.05) is 18.0 Å². The molecule has 0 aliphatic heterocycles. The average molecular weight is 218 g/mol. The van der Waals surface area contributed by atoms with E-state index in [1.807, 2.05) is 4.90 Å². The van der Waals surface area contributed by atoms with Gasteiger partial charge in [-0.3, -0.25) is 0 Å². The average Bonchev–Trinajstić information content (AvgIpc) is 2.29. The zero-order chi connectivity index (χ0) is 12.0. The molecule has 0 aromatic carbocycles. The Morgan fingerprint density at radius 1 is 1.62 bits per heavy atom. The van der Waals surface area contributed by atoms with Gasteiger partial charge in [0.25, 0.3) is 0 Å². The Labute approximate surface area is 94.9 Å². The number of pyridine rings is 1. The molecule has 0 aliphatic carbocycles. The Morgan fingerprint density at radius 3 is 2.81 bits per heavy atom. The van der Waals surface area contributed by atoms with Gasteiger partial charge in [-0.05, 0) is 18.6 Å². The van der Waals surface area contributed by atoms with Gasteiger partial charge in [0.05, 0.1) is 12.1 Å². The third-order valence-corrected chi connectivity index (χ3v) is 2.09. The van der Waals surface area contributed by atoms with E-state index in [1.54, 1.807) is 6.07 Å². The molecule has 0 aliphatic rings. The van der Waals surface area contributed by atoms with Crippen LogP contribution in [-0.2, 0) is 0 Å². The molecule has 0 bridgehead atoms. The van der Waals surface area contributed by atoms with E-state index in [0.717, 1.165) is 13.0 Å². The van der Waals surface area contributed by atoms with E-state index in [1.165, 1.54) is 12.3 Å². The van der Waals surface area contributed by atoms with Gasteiger partial charge >= 0.3 is 5.97 Å². The molecule has 84 valence electrons. The molecule has 4 heteroatoms. The van der Waals surface area contributed by atoms with Crippen molar-refractivity contribution in [3.05, 3.63) is 23.9 Å². The SMILES string of the molecule is C#CCN(CCC)c1ccc(C(=O)O)cn1. The van der Waals surface area contributed by atoms with Crippen LogP contribution >= 0.6 is 0 Å². The van der Waals surface area contributed by atoms with E-state index in [0.29, 0.717) is 12.4 Å². The lowest BCUT2D eigenvalue weighted by Gasteiger charge is -2.20. The maximum Gasteiger partial charge on any atom is 0.337 e. The number of carboxylic acids is 1. The van der Waals surface area contributed by atoms with Crippen LogP contribution in [0.15, 0.2) is 18.3 Å². The molecule has 0 saturated carbocycles. The number of carbonyl (C=O) groups is 1. The van der Waals surface area contributed by atoms with Crippen molar-refractivity contribution in [2.24, 2.45) is 0 Å². The van der Waals surface area contributed by atoms with Crippen LogP contribution in [0, 0.1) is 12.3 Å². The van der Waals surface area contributed by atoms with Gasteiger partial charge in [-0.15, -0.1) is 6.42 Å². The predicted molar refractivity (Wildman–Crippen MR) is 62.5 cm³/mol. The quantitative estimate of drug-likeness (QED) is 0.763. The number of aromatic nitrogens is 1. The zero-order valence-corrected chi connectivity index (χ0v) is 9.18. The van der Waals surface area contributed by atoms with Crippen molar-refractivity contribution < 1.29 is 9.90 Å². The van der Waals surface area contributed by atoms with Crippen LogP contribution in [0.4, 0.5) is 5.82 Å². The molecule has 0 spiro atoms. The number of nitrogens with zero attached hydrogens (tertiary/aromatic N) is 2. The Balaban J connectivity index is 2.85. The molecule has 1 aromatic heterocycles. The first-order valence-electron chi connectivity index (χ1n) is 5.06. The second kappa shape index (κ2) is 5.76. The fourth-order valence-corrected chi connectivity index (χ4v) is 1.35. The summed E-state index contributed by atoms with van der Waals surface area (Å²) in [6.07, 6.45) is 7.57. The van der Waals surface area contributed by atoms with Crippen LogP contribution in [0.5, 0.6) is 0 Å². The predicted octanol–water partition coefficient (Wildman–Crippen LogP) is 1.63.